The molecule has 2 heterocycles. The van der Waals surface area contributed by atoms with E-state index < -0.39 is 17.8 Å². The predicted molar refractivity (Wildman–Crippen MR) is 123 cm³/mol. The monoisotopic (exact) mass is 476 g/mol. The molecule has 1 aromatic heterocycles. The lowest BCUT2D eigenvalue weighted by Gasteiger charge is -2.20. The average Bonchev–Trinajstić information content (AvgIpc) is 3.29. The van der Waals surface area contributed by atoms with Crippen molar-refractivity contribution in [3.05, 3.63) is 47.3 Å². The van der Waals surface area contributed by atoms with Gasteiger partial charge in [-0.2, -0.15) is 13.2 Å². The summed E-state index contributed by atoms with van der Waals surface area (Å²) in [6, 6.07) is 6.54. The Kier molecular flexibility index (Phi) is 6.70. The Bertz CT molecular complexity index is 1180. The molecule has 7 nitrogen and oxygen atoms in total. The second kappa shape index (κ2) is 9.54. The lowest BCUT2D eigenvalue weighted by Crippen LogP contribution is -2.16. The van der Waals surface area contributed by atoms with E-state index in [1.165, 1.54) is 6.07 Å². The maximum Gasteiger partial charge on any atom is 0.416 e. The number of hydrogen-bond donors (Lipinski definition) is 2. The first kappa shape index (κ1) is 23.9. The van der Waals surface area contributed by atoms with Gasteiger partial charge in [-0.3, -0.25) is 0 Å². The Balaban J connectivity index is 1.67. The molecule has 1 unspecified atom stereocenters. The minimum atomic E-state index is -4.49. The first-order valence-electron chi connectivity index (χ1n) is 11.0. The van der Waals surface area contributed by atoms with E-state index >= 15 is 0 Å². The minimum absolute atomic E-state index is 0.0265. The van der Waals surface area contributed by atoms with Crippen LogP contribution in [-0.4, -0.2) is 36.4 Å². The number of ether oxygens (including phenoxy) is 3. The fourth-order valence-corrected chi connectivity index (χ4v) is 3.97. The molecule has 1 aliphatic heterocycles. The number of hydrogen-bond acceptors (Lipinski definition) is 7. The van der Waals surface area contributed by atoms with E-state index in [9.17, 15) is 13.2 Å². The first-order chi connectivity index (χ1) is 16.1. The van der Waals surface area contributed by atoms with Crippen LogP contribution < -0.4 is 20.5 Å². The minimum Gasteiger partial charge on any atom is -0.493 e. The van der Waals surface area contributed by atoms with Crippen molar-refractivity contribution in [3.8, 4) is 11.5 Å². The number of nitrogens with two attached hydrogens (primary N) is 1. The third kappa shape index (κ3) is 5.27. The van der Waals surface area contributed by atoms with Gasteiger partial charge in [0.2, 0.25) is 0 Å². The second-order valence-corrected chi connectivity index (χ2v) is 8.34. The molecule has 0 amide bonds. The Labute approximate surface area is 195 Å². The fraction of sp³-hybridized carbons (Fsp3) is 0.417. The molecule has 3 N–H and O–H groups in total. The number of nitrogens with one attached hydrogen (secondary N) is 1. The fourth-order valence-electron chi connectivity index (χ4n) is 3.97. The van der Waals surface area contributed by atoms with E-state index in [0.717, 1.165) is 31.6 Å². The summed E-state index contributed by atoms with van der Waals surface area (Å²) >= 11 is 0. The molecule has 2 aromatic carbocycles. The lowest BCUT2D eigenvalue weighted by atomic mass is 10.0. The van der Waals surface area contributed by atoms with Crippen molar-refractivity contribution in [1.82, 2.24) is 9.97 Å². The van der Waals surface area contributed by atoms with Crippen LogP contribution in [0.25, 0.3) is 10.9 Å². The third-order valence-electron chi connectivity index (χ3n) is 5.70. The number of aromatic nitrogens is 2. The highest BCUT2D eigenvalue weighted by Crippen LogP contribution is 2.37. The van der Waals surface area contributed by atoms with Gasteiger partial charge in [-0.25, -0.2) is 9.97 Å². The Hall–Kier alpha value is -3.27. The zero-order chi connectivity index (χ0) is 24.5. The largest absolute Gasteiger partial charge is 0.493 e. The molecule has 0 bridgehead atoms. The van der Waals surface area contributed by atoms with Crippen molar-refractivity contribution >= 4 is 22.4 Å². The number of fused-ring (bicyclic) bond motifs is 1. The number of alkyl halides is 3. The molecule has 10 heteroatoms. The number of anilines is 2. The van der Waals surface area contributed by atoms with Gasteiger partial charge < -0.3 is 25.3 Å². The van der Waals surface area contributed by atoms with Crippen LogP contribution in [0.3, 0.4) is 0 Å². The number of methoxy groups -OCH3 is 1. The van der Waals surface area contributed by atoms with Crippen molar-refractivity contribution < 1.29 is 27.4 Å². The van der Waals surface area contributed by atoms with E-state index in [0.29, 0.717) is 46.2 Å². The third-order valence-corrected chi connectivity index (χ3v) is 5.70. The quantitative estimate of drug-likeness (QED) is 0.449. The van der Waals surface area contributed by atoms with Crippen LogP contribution in [0.15, 0.2) is 30.3 Å². The van der Waals surface area contributed by atoms with Gasteiger partial charge in [-0.15, -0.1) is 0 Å². The number of benzene rings is 2. The van der Waals surface area contributed by atoms with Crippen LogP contribution in [0.4, 0.5) is 24.7 Å². The highest BCUT2D eigenvalue weighted by Gasteiger charge is 2.31. The van der Waals surface area contributed by atoms with E-state index in [1.54, 1.807) is 33.1 Å². The zero-order valence-corrected chi connectivity index (χ0v) is 19.2. The second-order valence-electron chi connectivity index (χ2n) is 8.34. The number of aryl methyl sites for hydroxylation is 1. The van der Waals surface area contributed by atoms with Crippen LogP contribution in [-0.2, 0) is 10.9 Å². The van der Waals surface area contributed by atoms with Gasteiger partial charge >= 0.3 is 6.18 Å². The Morgan fingerprint density at radius 1 is 1.18 bits per heavy atom. The number of nitrogen functional groups attached to an aromatic ring is 1. The SMILES string of the molecule is COc1cc2nc(C)nc(NC(C)c3cc(N)cc(C(F)(F)F)c3)c2cc1OC[C@H]1CCCO1. The molecule has 0 radical (unpaired) electrons. The zero-order valence-electron chi connectivity index (χ0n) is 19.2. The molecule has 1 saturated heterocycles. The van der Waals surface area contributed by atoms with Gasteiger partial charge in [0.25, 0.3) is 0 Å². The average molecular weight is 476 g/mol. The highest BCUT2D eigenvalue weighted by atomic mass is 19.4. The predicted octanol–water partition coefficient (Wildman–Crippen LogP) is 5.28. The Morgan fingerprint density at radius 3 is 2.65 bits per heavy atom. The summed E-state index contributed by atoms with van der Waals surface area (Å²) in [5.41, 5.74) is 5.99. The number of rotatable bonds is 7. The maximum absolute atomic E-state index is 13.3. The maximum atomic E-state index is 13.3. The summed E-state index contributed by atoms with van der Waals surface area (Å²) < 4.78 is 56.9. The first-order valence-corrected chi connectivity index (χ1v) is 11.0. The molecule has 2 atom stereocenters. The molecular weight excluding hydrogens is 449 g/mol. The van der Waals surface area contributed by atoms with Crippen LogP contribution in [0.1, 0.15) is 42.8 Å². The van der Waals surface area contributed by atoms with Gasteiger partial charge in [0, 0.05) is 23.7 Å². The normalized spacial score (nSPS) is 17.1. The molecule has 1 aliphatic rings. The van der Waals surface area contributed by atoms with Crippen molar-refractivity contribution in [1.29, 1.82) is 0 Å². The summed E-state index contributed by atoms with van der Waals surface area (Å²) in [6.07, 6.45) is -2.53. The Morgan fingerprint density at radius 2 is 1.97 bits per heavy atom. The van der Waals surface area contributed by atoms with Crippen molar-refractivity contribution in [2.75, 3.05) is 31.4 Å². The smallest absolute Gasteiger partial charge is 0.416 e. The lowest BCUT2D eigenvalue weighted by molar-refractivity contribution is -0.137. The molecule has 34 heavy (non-hydrogen) atoms. The topological polar surface area (TPSA) is 91.5 Å². The van der Waals surface area contributed by atoms with Gasteiger partial charge in [0.15, 0.2) is 11.5 Å². The molecule has 0 aliphatic carbocycles. The van der Waals surface area contributed by atoms with E-state index in [-0.39, 0.29) is 11.8 Å². The van der Waals surface area contributed by atoms with Crippen LogP contribution >= 0.6 is 0 Å². The molecule has 0 saturated carbocycles. The van der Waals surface area contributed by atoms with Crippen LogP contribution in [0.5, 0.6) is 11.5 Å². The summed E-state index contributed by atoms with van der Waals surface area (Å²) in [6.45, 7) is 4.60. The molecule has 3 aromatic rings. The van der Waals surface area contributed by atoms with E-state index in [2.05, 4.69) is 15.3 Å². The summed E-state index contributed by atoms with van der Waals surface area (Å²) in [4.78, 5) is 8.98. The van der Waals surface area contributed by atoms with Crippen molar-refractivity contribution in [2.45, 2.75) is 45.0 Å². The van der Waals surface area contributed by atoms with E-state index in [1.807, 2.05) is 0 Å². The summed E-state index contributed by atoms with van der Waals surface area (Å²) in [5.74, 6) is 2.00. The van der Waals surface area contributed by atoms with Gasteiger partial charge in [0.1, 0.15) is 18.2 Å². The van der Waals surface area contributed by atoms with E-state index in [4.69, 9.17) is 19.9 Å². The van der Waals surface area contributed by atoms with Gasteiger partial charge in [0.05, 0.1) is 30.3 Å². The van der Waals surface area contributed by atoms with Crippen molar-refractivity contribution in [3.63, 3.8) is 0 Å². The van der Waals surface area contributed by atoms with Gasteiger partial charge in [-0.1, -0.05) is 0 Å². The van der Waals surface area contributed by atoms with Crippen LogP contribution in [0.2, 0.25) is 0 Å². The molecular formula is C24H27F3N4O3. The number of nitrogens with zero attached hydrogens (tertiary/aromatic N) is 2. The van der Waals surface area contributed by atoms with Crippen molar-refractivity contribution in [2.24, 2.45) is 0 Å². The van der Waals surface area contributed by atoms with Crippen LogP contribution in [0, 0.1) is 6.92 Å². The highest BCUT2D eigenvalue weighted by molar-refractivity contribution is 5.92. The molecule has 182 valence electrons. The number of halogens is 3. The molecule has 1 fully saturated rings. The standard InChI is InChI=1S/C24H27F3N4O3/c1-13(15-7-16(24(25,26)27)9-17(28)8-15)29-23-19-10-22(34-12-18-5-4-6-33-18)21(32-3)11-20(19)30-14(2)31-23/h7-11,13,18H,4-6,12,28H2,1-3H3,(H,29,30,31)/t13?,18-/m1/s1. The molecule has 4 rings (SSSR count). The summed E-state index contributed by atoms with van der Waals surface area (Å²) in [5, 5.41) is 3.87. The summed E-state index contributed by atoms with van der Waals surface area (Å²) in [7, 11) is 1.55. The van der Waals surface area contributed by atoms with Gasteiger partial charge in [-0.05, 0) is 56.5 Å². The molecule has 0 spiro atoms.